The fraction of sp³-hybridized carbons (Fsp3) is 0.667. The number of nitrogens with zero attached hydrogens (tertiary/aromatic N) is 3. The van der Waals surface area contributed by atoms with Gasteiger partial charge in [-0.3, -0.25) is 4.79 Å². The molecule has 3 aliphatic heterocycles. The highest BCUT2D eigenvalue weighted by molar-refractivity contribution is 7.88. The number of sulfonamides is 1. The van der Waals surface area contributed by atoms with Crippen LogP contribution in [0.1, 0.15) is 23.3 Å². The highest BCUT2D eigenvalue weighted by atomic mass is 32.2. The van der Waals surface area contributed by atoms with Crippen molar-refractivity contribution in [2.75, 3.05) is 25.9 Å². The molecule has 8 nitrogen and oxygen atoms in total. The van der Waals surface area contributed by atoms with Crippen LogP contribution in [0.3, 0.4) is 0 Å². The van der Waals surface area contributed by atoms with Crippen LogP contribution in [0.25, 0.3) is 0 Å². The Labute approximate surface area is 140 Å². The van der Waals surface area contributed by atoms with Gasteiger partial charge in [0.15, 0.2) is 0 Å². The Bertz CT molecular complexity index is 756. The lowest BCUT2D eigenvalue weighted by Crippen LogP contribution is -2.41. The minimum absolute atomic E-state index is 0.0838. The number of hydrogen-bond donors (Lipinski definition) is 1. The second-order valence-electron chi connectivity index (χ2n) is 6.93. The topological polar surface area (TPSA) is 101 Å². The van der Waals surface area contributed by atoms with Crippen LogP contribution in [-0.2, 0) is 14.8 Å². The predicted molar refractivity (Wildman–Crippen MR) is 84.6 cm³/mol. The third-order valence-electron chi connectivity index (χ3n) is 5.45. The van der Waals surface area contributed by atoms with Crippen molar-refractivity contribution in [2.45, 2.75) is 24.5 Å². The molecule has 0 radical (unpaired) electrons. The Balaban J connectivity index is 1.52. The molecule has 130 valence electrons. The number of carbonyl (C=O) groups excluding carboxylic acids is 1. The molecule has 1 aromatic rings. The molecule has 0 saturated carbocycles. The van der Waals surface area contributed by atoms with Gasteiger partial charge < -0.3 is 9.64 Å². The number of aromatic nitrogens is 2. The van der Waals surface area contributed by atoms with Gasteiger partial charge in [-0.1, -0.05) is 0 Å². The van der Waals surface area contributed by atoms with E-state index in [-0.39, 0.29) is 29.4 Å². The highest BCUT2D eigenvalue weighted by Gasteiger charge is 2.63. The number of likely N-dealkylation sites (tertiary alicyclic amines) is 1. The van der Waals surface area contributed by atoms with Crippen LogP contribution >= 0.6 is 0 Å². The molecule has 9 heteroatoms. The van der Waals surface area contributed by atoms with E-state index in [2.05, 4.69) is 14.7 Å². The number of nitrogens with one attached hydrogen (secondary N) is 1. The van der Waals surface area contributed by atoms with E-state index in [1.54, 1.807) is 17.2 Å². The number of rotatable bonds is 4. The molecule has 2 bridgehead atoms. The molecule has 1 aromatic heterocycles. The van der Waals surface area contributed by atoms with Gasteiger partial charge >= 0.3 is 0 Å². The first-order valence-corrected chi connectivity index (χ1v) is 9.95. The fourth-order valence-corrected chi connectivity index (χ4v) is 4.94. The van der Waals surface area contributed by atoms with Crippen molar-refractivity contribution >= 4 is 15.9 Å². The zero-order valence-electron chi connectivity index (χ0n) is 13.4. The molecule has 0 aromatic carbocycles. The second kappa shape index (κ2) is 5.47. The van der Waals surface area contributed by atoms with Crippen LogP contribution in [-0.4, -0.2) is 66.8 Å². The summed E-state index contributed by atoms with van der Waals surface area (Å²) in [6, 6.07) is 1.61. The number of hydrogen-bond acceptors (Lipinski definition) is 6. The van der Waals surface area contributed by atoms with E-state index in [1.807, 2.05) is 0 Å². The van der Waals surface area contributed by atoms with Crippen molar-refractivity contribution in [1.82, 2.24) is 19.6 Å². The molecule has 3 aliphatic rings. The van der Waals surface area contributed by atoms with Gasteiger partial charge in [-0.25, -0.2) is 23.1 Å². The molecule has 1 N–H and O–H groups in total. The molecule has 24 heavy (non-hydrogen) atoms. The van der Waals surface area contributed by atoms with Crippen LogP contribution in [0, 0.1) is 11.8 Å². The third-order valence-corrected chi connectivity index (χ3v) is 6.14. The SMILES string of the molecule is CS(=O)(=O)NC[C@H]1[C@H]2CN(C(=O)c3ccncn3)C[C@]23CC[C@H]1O3. The number of ether oxygens (including phenoxy) is 1. The second-order valence-corrected chi connectivity index (χ2v) is 8.76. The van der Waals surface area contributed by atoms with E-state index in [0.29, 0.717) is 25.3 Å². The molecular weight excluding hydrogens is 332 g/mol. The summed E-state index contributed by atoms with van der Waals surface area (Å²) < 4.78 is 31.6. The number of carbonyl (C=O) groups is 1. The summed E-state index contributed by atoms with van der Waals surface area (Å²) in [5.41, 5.74) is 0.0544. The Morgan fingerprint density at radius 2 is 2.38 bits per heavy atom. The van der Waals surface area contributed by atoms with E-state index in [1.165, 1.54) is 6.33 Å². The Hall–Kier alpha value is -1.58. The average molecular weight is 352 g/mol. The highest BCUT2D eigenvalue weighted by Crippen LogP contribution is 2.54. The third kappa shape index (κ3) is 2.60. The van der Waals surface area contributed by atoms with E-state index in [9.17, 15) is 13.2 Å². The fourth-order valence-electron chi connectivity index (χ4n) is 4.45. The average Bonchev–Trinajstić information content (AvgIpc) is 3.20. The summed E-state index contributed by atoms with van der Waals surface area (Å²) in [6.07, 6.45) is 6.00. The van der Waals surface area contributed by atoms with Crippen LogP contribution < -0.4 is 4.72 Å². The molecule has 0 unspecified atom stereocenters. The number of amides is 1. The largest absolute Gasteiger partial charge is 0.369 e. The van der Waals surface area contributed by atoms with Gasteiger partial charge in [0.05, 0.1) is 24.5 Å². The molecule has 3 saturated heterocycles. The van der Waals surface area contributed by atoms with E-state index >= 15 is 0 Å². The molecule has 4 heterocycles. The minimum atomic E-state index is -3.24. The Morgan fingerprint density at radius 3 is 3.08 bits per heavy atom. The predicted octanol–water partition coefficient (Wildman–Crippen LogP) is -0.355. The molecule has 1 spiro atoms. The van der Waals surface area contributed by atoms with E-state index in [0.717, 1.165) is 19.1 Å². The van der Waals surface area contributed by atoms with Gasteiger partial charge in [0, 0.05) is 31.1 Å². The smallest absolute Gasteiger partial charge is 0.272 e. The van der Waals surface area contributed by atoms with Gasteiger partial charge in [-0.05, 0) is 18.9 Å². The lowest BCUT2D eigenvalue weighted by molar-refractivity contribution is 0.00319. The standard InChI is InChI=1S/C15H20N4O4S/c1-24(21,22)18-6-10-11-7-19(8-15(11)4-2-13(10)23-15)14(20)12-3-5-16-9-17-12/h3,5,9-11,13,18H,2,4,6-8H2,1H3/t10-,11+,13+,15+/m0/s1. The summed E-state index contributed by atoms with van der Waals surface area (Å²) in [7, 11) is -3.24. The first kappa shape index (κ1) is 15.9. The van der Waals surface area contributed by atoms with Crippen molar-refractivity contribution in [1.29, 1.82) is 0 Å². The maximum atomic E-state index is 12.6. The molecule has 4 atom stereocenters. The normalized spacial score (nSPS) is 34.5. The van der Waals surface area contributed by atoms with E-state index < -0.39 is 10.0 Å². The van der Waals surface area contributed by atoms with Crippen molar-refractivity contribution in [2.24, 2.45) is 11.8 Å². The first-order chi connectivity index (χ1) is 11.4. The van der Waals surface area contributed by atoms with Crippen LogP contribution in [0.5, 0.6) is 0 Å². The number of fused-ring (bicyclic) bond motifs is 1. The van der Waals surface area contributed by atoms with Crippen molar-refractivity contribution < 1.29 is 17.9 Å². The minimum Gasteiger partial charge on any atom is -0.369 e. The summed E-state index contributed by atoms with van der Waals surface area (Å²) in [4.78, 5) is 22.3. The Kier molecular flexibility index (Phi) is 3.63. The molecular formula is C15H20N4O4S. The lowest BCUT2D eigenvalue weighted by atomic mass is 9.74. The Morgan fingerprint density at radius 1 is 1.54 bits per heavy atom. The van der Waals surface area contributed by atoms with Crippen LogP contribution in [0.15, 0.2) is 18.6 Å². The van der Waals surface area contributed by atoms with Crippen molar-refractivity contribution in [3.8, 4) is 0 Å². The molecule has 1 amide bonds. The lowest BCUT2D eigenvalue weighted by Gasteiger charge is -2.29. The summed E-state index contributed by atoms with van der Waals surface area (Å²) in [5.74, 6) is 0.149. The van der Waals surface area contributed by atoms with Gasteiger partial charge in [-0.15, -0.1) is 0 Å². The maximum Gasteiger partial charge on any atom is 0.272 e. The van der Waals surface area contributed by atoms with Gasteiger partial charge in [-0.2, -0.15) is 0 Å². The quantitative estimate of drug-likeness (QED) is 0.794. The van der Waals surface area contributed by atoms with Gasteiger partial charge in [0.25, 0.3) is 5.91 Å². The maximum absolute atomic E-state index is 12.6. The van der Waals surface area contributed by atoms with Crippen LogP contribution in [0.2, 0.25) is 0 Å². The monoisotopic (exact) mass is 352 g/mol. The summed E-state index contributed by atoms with van der Waals surface area (Å²) in [5, 5.41) is 0. The first-order valence-electron chi connectivity index (χ1n) is 8.06. The van der Waals surface area contributed by atoms with Crippen molar-refractivity contribution in [3.63, 3.8) is 0 Å². The van der Waals surface area contributed by atoms with E-state index in [4.69, 9.17) is 4.74 Å². The summed E-state index contributed by atoms with van der Waals surface area (Å²) >= 11 is 0. The van der Waals surface area contributed by atoms with Crippen LogP contribution in [0.4, 0.5) is 0 Å². The van der Waals surface area contributed by atoms with Gasteiger partial charge in [0.2, 0.25) is 10.0 Å². The molecule has 4 rings (SSSR count). The summed E-state index contributed by atoms with van der Waals surface area (Å²) in [6.45, 7) is 1.49. The zero-order valence-corrected chi connectivity index (χ0v) is 14.2. The van der Waals surface area contributed by atoms with Gasteiger partial charge in [0.1, 0.15) is 12.0 Å². The molecule has 0 aliphatic carbocycles. The molecule has 3 fully saturated rings. The van der Waals surface area contributed by atoms with Crippen molar-refractivity contribution in [3.05, 3.63) is 24.3 Å². The zero-order chi connectivity index (χ0) is 16.9.